The van der Waals surface area contributed by atoms with Gasteiger partial charge in [0.1, 0.15) is 11.6 Å². The highest BCUT2D eigenvalue weighted by Crippen LogP contribution is 2.40. The fourth-order valence-electron chi connectivity index (χ4n) is 4.80. The zero-order valence-electron chi connectivity index (χ0n) is 16.2. The molecule has 27 heavy (non-hydrogen) atoms. The van der Waals surface area contributed by atoms with Gasteiger partial charge in [-0.1, -0.05) is 30.3 Å². The predicted molar refractivity (Wildman–Crippen MR) is 106 cm³/mol. The molecular formula is C23H29FN2O. The first kappa shape index (κ1) is 18.5. The van der Waals surface area contributed by atoms with E-state index in [0.29, 0.717) is 5.41 Å². The van der Waals surface area contributed by atoms with E-state index in [1.54, 1.807) is 19.2 Å². The molecule has 0 bridgehead atoms. The maximum Gasteiger partial charge on any atom is 0.127 e. The van der Waals surface area contributed by atoms with Crippen LogP contribution in [0.25, 0.3) is 0 Å². The minimum Gasteiger partial charge on any atom is -0.497 e. The lowest BCUT2D eigenvalue weighted by Gasteiger charge is -2.40. The Hall–Kier alpha value is -1.91. The highest BCUT2D eigenvalue weighted by molar-refractivity contribution is 5.27. The minimum atomic E-state index is -0.0790. The van der Waals surface area contributed by atoms with Gasteiger partial charge in [0.25, 0.3) is 0 Å². The largest absolute Gasteiger partial charge is 0.497 e. The molecule has 0 saturated carbocycles. The van der Waals surface area contributed by atoms with Gasteiger partial charge in [-0.2, -0.15) is 0 Å². The Kier molecular flexibility index (Phi) is 5.46. The van der Waals surface area contributed by atoms with Gasteiger partial charge in [-0.15, -0.1) is 0 Å². The van der Waals surface area contributed by atoms with Crippen molar-refractivity contribution in [2.24, 2.45) is 5.41 Å². The predicted octanol–water partition coefficient (Wildman–Crippen LogP) is 4.32. The normalized spacial score (nSPS) is 23.8. The van der Waals surface area contributed by atoms with E-state index in [1.807, 2.05) is 24.3 Å². The van der Waals surface area contributed by atoms with E-state index in [9.17, 15) is 4.39 Å². The van der Waals surface area contributed by atoms with Crippen LogP contribution in [-0.4, -0.2) is 43.1 Å². The Morgan fingerprint density at radius 2 is 1.67 bits per heavy atom. The Balaban J connectivity index is 1.36. The molecule has 2 aliphatic rings. The zero-order valence-corrected chi connectivity index (χ0v) is 16.2. The highest BCUT2D eigenvalue weighted by Gasteiger charge is 2.41. The number of halogens is 1. The smallest absolute Gasteiger partial charge is 0.127 e. The van der Waals surface area contributed by atoms with Crippen molar-refractivity contribution in [3.8, 4) is 5.75 Å². The Bertz CT molecular complexity index is 763. The first-order valence-electron chi connectivity index (χ1n) is 9.97. The molecule has 144 valence electrons. The lowest BCUT2D eigenvalue weighted by Crippen LogP contribution is -2.44. The topological polar surface area (TPSA) is 15.7 Å². The third kappa shape index (κ3) is 4.33. The van der Waals surface area contributed by atoms with Crippen molar-refractivity contribution in [3.63, 3.8) is 0 Å². The zero-order chi connectivity index (χ0) is 18.7. The number of rotatable bonds is 5. The fourth-order valence-corrected chi connectivity index (χ4v) is 4.80. The summed E-state index contributed by atoms with van der Waals surface area (Å²) in [7, 11) is 1.70. The third-order valence-corrected chi connectivity index (χ3v) is 6.17. The van der Waals surface area contributed by atoms with E-state index < -0.39 is 0 Å². The molecule has 2 aromatic carbocycles. The molecule has 0 aliphatic carbocycles. The first-order valence-corrected chi connectivity index (χ1v) is 9.97. The van der Waals surface area contributed by atoms with Crippen molar-refractivity contribution < 1.29 is 9.13 Å². The average Bonchev–Trinajstić information content (AvgIpc) is 3.06. The van der Waals surface area contributed by atoms with Gasteiger partial charge < -0.3 is 4.74 Å². The van der Waals surface area contributed by atoms with Gasteiger partial charge in [0.15, 0.2) is 0 Å². The Morgan fingerprint density at radius 1 is 0.926 bits per heavy atom. The molecule has 2 aromatic rings. The lowest BCUT2D eigenvalue weighted by atomic mass is 9.79. The maximum atomic E-state index is 14.0. The van der Waals surface area contributed by atoms with Crippen LogP contribution in [0.3, 0.4) is 0 Å². The van der Waals surface area contributed by atoms with Gasteiger partial charge in [-0.25, -0.2) is 4.39 Å². The summed E-state index contributed by atoms with van der Waals surface area (Å²) in [6.45, 7) is 6.19. The second kappa shape index (κ2) is 7.99. The van der Waals surface area contributed by atoms with Crippen molar-refractivity contribution in [3.05, 3.63) is 65.5 Å². The van der Waals surface area contributed by atoms with Crippen molar-refractivity contribution in [2.75, 3.05) is 33.3 Å². The quantitative estimate of drug-likeness (QED) is 0.782. The molecule has 0 radical (unpaired) electrons. The second-order valence-electron chi connectivity index (χ2n) is 8.21. The number of nitrogens with zero attached hydrogens (tertiary/aromatic N) is 2. The van der Waals surface area contributed by atoms with E-state index in [2.05, 4.69) is 21.9 Å². The summed E-state index contributed by atoms with van der Waals surface area (Å²) >= 11 is 0. The summed E-state index contributed by atoms with van der Waals surface area (Å²) in [4.78, 5) is 5.03. The molecule has 0 unspecified atom stereocenters. The fraction of sp³-hybridized carbons (Fsp3) is 0.478. The molecular weight excluding hydrogens is 339 g/mol. The van der Waals surface area contributed by atoms with Crippen molar-refractivity contribution in [2.45, 2.75) is 32.4 Å². The maximum absolute atomic E-state index is 14.0. The van der Waals surface area contributed by atoms with Gasteiger partial charge in [0, 0.05) is 31.7 Å². The molecule has 2 aliphatic heterocycles. The number of ether oxygens (including phenoxy) is 1. The SMILES string of the molecule is COc1ccc(CN2CC[C@@]3(CCCN(Cc4ccccc4F)C3)C2)cc1. The van der Waals surface area contributed by atoms with Crippen LogP contribution in [0.5, 0.6) is 5.75 Å². The molecule has 0 aromatic heterocycles. The second-order valence-corrected chi connectivity index (χ2v) is 8.21. The van der Waals surface area contributed by atoms with Gasteiger partial charge in [0.05, 0.1) is 7.11 Å². The standard InChI is InChI=1S/C23H29FN2O/c1-27-21-9-7-19(8-10-21)15-26-14-12-23(18-26)11-4-13-25(17-23)16-20-5-2-3-6-22(20)24/h2-3,5-10H,4,11-18H2,1H3/t23-/m1/s1. The number of piperidine rings is 1. The molecule has 4 heteroatoms. The van der Waals surface area contributed by atoms with Crippen LogP contribution in [0.15, 0.2) is 48.5 Å². The first-order chi connectivity index (χ1) is 13.2. The molecule has 2 saturated heterocycles. The van der Waals surface area contributed by atoms with Crippen molar-refractivity contribution in [1.82, 2.24) is 9.80 Å². The Labute approximate surface area is 161 Å². The van der Waals surface area contributed by atoms with E-state index >= 15 is 0 Å². The number of hydrogen-bond acceptors (Lipinski definition) is 3. The number of benzene rings is 2. The summed E-state index contributed by atoms with van der Waals surface area (Å²) in [5.41, 5.74) is 2.53. The minimum absolute atomic E-state index is 0.0790. The molecule has 1 spiro atoms. The van der Waals surface area contributed by atoms with Crippen LogP contribution < -0.4 is 4.74 Å². The molecule has 0 N–H and O–H groups in total. The van der Waals surface area contributed by atoms with Crippen molar-refractivity contribution >= 4 is 0 Å². The highest BCUT2D eigenvalue weighted by atomic mass is 19.1. The van der Waals surface area contributed by atoms with Gasteiger partial charge in [-0.3, -0.25) is 9.80 Å². The van der Waals surface area contributed by atoms with Gasteiger partial charge >= 0.3 is 0 Å². The van der Waals surface area contributed by atoms with Crippen LogP contribution in [0.4, 0.5) is 4.39 Å². The molecule has 3 nitrogen and oxygen atoms in total. The number of methoxy groups -OCH3 is 1. The molecule has 1 atom stereocenters. The van der Waals surface area contributed by atoms with Crippen LogP contribution >= 0.6 is 0 Å². The van der Waals surface area contributed by atoms with E-state index in [4.69, 9.17) is 4.74 Å². The van der Waals surface area contributed by atoms with E-state index in [-0.39, 0.29) is 5.82 Å². The van der Waals surface area contributed by atoms with Crippen LogP contribution in [0.2, 0.25) is 0 Å². The summed E-state index contributed by atoms with van der Waals surface area (Å²) < 4.78 is 19.3. The van der Waals surface area contributed by atoms with Gasteiger partial charge in [-0.05, 0) is 61.5 Å². The van der Waals surface area contributed by atoms with E-state index in [1.165, 1.54) is 24.8 Å². The van der Waals surface area contributed by atoms with Crippen LogP contribution in [0, 0.1) is 11.2 Å². The molecule has 4 rings (SSSR count). The Morgan fingerprint density at radius 3 is 2.41 bits per heavy atom. The summed E-state index contributed by atoms with van der Waals surface area (Å²) in [5.74, 6) is 0.831. The van der Waals surface area contributed by atoms with Crippen molar-refractivity contribution in [1.29, 1.82) is 0 Å². The van der Waals surface area contributed by atoms with Crippen LogP contribution in [-0.2, 0) is 13.1 Å². The lowest BCUT2D eigenvalue weighted by molar-refractivity contribution is 0.0858. The molecule has 2 heterocycles. The monoisotopic (exact) mass is 368 g/mol. The summed E-state index contributed by atoms with van der Waals surface area (Å²) in [5, 5.41) is 0. The average molecular weight is 368 g/mol. The number of likely N-dealkylation sites (tertiary alicyclic amines) is 2. The van der Waals surface area contributed by atoms with E-state index in [0.717, 1.165) is 50.6 Å². The summed E-state index contributed by atoms with van der Waals surface area (Å²) in [6, 6.07) is 15.6. The molecule has 2 fully saturated rings. The molecule has 0 amide bonds. The summed E-state index contributed by atoms with van der Waals surface area (Å²) in [6.07, 6.45) is 3.75. The van der Waals surface area contributed by atoms with Gasteiger partial charge in [0.2, 0.25) is 0 Å². The third-order valence-electron chi connectivity index (χ3n) is 6.17. The van der Waals surface area contributed by atoms with Crippen LogP contribution in [0.1, 0.15) is 30.4 Å². The number of hydrogen-bond donors (Lipinski definition) is 0.